The van der Waals surface area contributed by atoms with Gasteiger partial charge in [0.1, 0.15) is 22.3 Å². The van der Waals surface area contributed by atoms with Crippen LogP contribution in [0, 0.1) is 0 Å². The summed E-state index contributed by atoms with van der Waals surface area (Å²) in [5.74, 6) is 0. The Bertz CT molecular complexity index is 3030. The molecule has 10 aromatic rings. The van der Waals surface area contributed by atoms with Crippen LogP contribution in [0.1, 0.15) is 18.4 Å². The summed E-state index contributed by atoms with van der Waals surface area (Å²) in [4.78, 5) is 0. The van der Waals surface area contributed by atoms with Crippen molar-refractivity contribution in [1.29, 1.82) is 0 Å². The monoisotopic (exact) mass is 638 g/mol. The first-order chi connectivity index (χ1) is 24.8. The molecule has 1 aliphatic rings. The number of para-hydroxylation sites is 1. The van der Waals surface area contributed by atoms with E-state index < -0.39 is 0 Å². The normalized spacial score (nSPS) is 13.5. The molecule has 2 nitrogen and oxygen atoms in total. The largest absolute Gasteiger partial charge is 0.456 e. The molecule has 0 amide bonds. The second kappa shape index (κ2) is 10.6. The van der Waals surface area contributed by atoms with Gasteiger partial charge >= 0.3 is 0 Å². The number of benzene rings is 8. The average Bonchev–Trinajstić information content (AvgIpc) is 3.75. The molecular formula is C48H30O2. The quantitative estimate of drug-likeness (QED) is 0.180. The lowest BCUT2D eigenvalue weighted by Gasteiger charge is -2.20. The molecule has 0 spiro atoms. The summed E-state index contributed by atoms with van der Waals surface area (Å²) in [5.41, 5.74) is 11.2. The first-order valence-corrected chi connectivity index (χ1v) is 17.4. The van der Waals surface area contributed by atoms with Crippen LogP contribution in [0.2, 0.25) is 0 Å². The van der Waals surface area contributed by atoms with Gasteiger partial charge in [0.05, 0.1) is 0 Å². The van der Waals surface area contributed by atoms with Gasteiger partial charge in [-0.2, -0.15) is 0 Å². The van der Waals surface area contributed by atoms with E-state index in [9.17, 15) is 0 Å². The summed E-state index contributed by atoms with van der Waals surface area (Å²) in [6, 6.07) is 50.4. The molecule has 0 bridgehead atoms. The lowest BCUT2D eigenvalue weighted by atomic mass is 9.83. The second-order valence-electron chi connectivity index (χ2n) is 13.5. The SMILES string of the molecule is C1=CCCC(c2c3ccccc3c(-c3cccc(-c4ccc5oc6c(ccc7c6ccc6oc8ccccc8c67)c5c4)c3)c3ccccc23)=C1. The van der Waals surface area contributed by atoms with E-state index in [0.717, 1.165) is 67.5 Å². The Morgan fingerprint density at radius 1 is 0.400 bits per heavy atom. The third-order valence-corrected chi connectivity index (χ3v) is 10.7. The summed E-state index contributed by atoms with van der Waals surface area (Å²) < 4.78 is 12.8. The Labute approximate surface area is 288 Å². The molecule has 0 saturated carbocycles. The molecule has 0 aliphatic heterocycles. The first-order valence-electron chi connectivity index (χ1n) is 17.4. The third-order valence-electron chi connectivity index (χ3n) is 10.7. The maximum Gasteiger partial charge on any atom is 0.143 e. The number of rotatable bonds is 3. The molecule has 11 rings (SSSR count). The van der Waals surface area contributed by atoms with Crippen LogP contribution in [0.3, 0.4) is 0 Å². The molecule has 2 heteroatoms. The van der Waals surface area contributed by atoms with Gasteiger partial charge < -0.3 is 8.83 Å². The van der Waals surface area contributed by atoms with Gasteiger partial charge in [-0.15, -0.1) is 0 Å². The lowest BCUT2D eigenvalue weighted by Crippen LogP contribution is -1.95. The minimum absolute atomic E-state index is 0.893. The van der Waals surface area contributed by atoms with Crippen LogP contribution >= 0.6 is 0 Å². The Hall–Kier alpha value is -6.38. The van der Waals surface area contributed by atoms with Crippen molar-refractivity contribution in [2.45, 2.75) is 12.8 Å². The highest BCUT2D eigenvalue weighted by Crippen LogP contribution is 2.45. The summed E-state index contributed by atoms with van der Waals surface area (Å²) in [6.07, 6.45) is 8.92. The van der Waals surface area contributed by atoms with Crippen molar-refractivity contribution in [1.82, 2.24) is 0 Å². The van der Waals surface area contributed by atoms with E-state index in [4.69, 9.17) is 8.83 Å². The molecule has 1 aliphatic carbocycles. The molecule has 0 saturated heterocycles. The van der Waals surface area contributed by atoms with Gasteiger partial charge in [0.2, 0.25) is 0 Å². The third kappa shape index (κ3) is 3.96. The number of furan rings is 2. The van der Waals surface area contributed by atoms with Gasteiger partial charge in [-0.05, 0) is 116 Å². The number of hydrogen-bond donors (Lipinski definition) is 0. The maximum atomic E-state index is 6.61. The van der Waals surface area contributed by atoms with Crippen LogP contribution in [0.4, 0.5) is 0 Å². The van der Waals surface area contributed by atoms with Gasteiger partial charge in [-0.25, -0.2) is 0 Å². The van der Waals surface area contributed by atoms with Crippen molar-refractivity contribution in [3.8, 4) is 22.3 Å². The molecule has 50 heavy (non-hydrogen) atoms. The van der Waals surface area contributed by atoms with Crippen molar-refractivity contribution in [3.05, 3.63) is 163 Å². The van der Waals surface area contributed by atoms with Crippen LogP contribution < -0.4 is 0 Å². The summed E-state index contributed by atoms with van der Waals surface area (Å²) in [6.45, 7) is 0. The van der Waals surface area contributed by atoms with Crippen LogP contribution in [-0.4, -0.2) is 0 Å². The van der Waals surface area contributed by atoms with Crippen LogP contribution in [0.25, 0.3) is 104 Å². The summed E-state index contributed by atoms with van der Waals surface area (Å²) in [7, 11) is 0. The van der Waals surface area contributed by atoms with Gasteiger partial charge in [0, 0.05) is 26.9 Å². The van der Waals surface area contributed by atoms with E-state index >= 15 is 0 Å². The highest BCUT2D eigenvalue weighted by Gasteiger charge is 2.19. The predicted octanol–water partition coefficient (Wildman–Crippen LogP) is 14.0. The number of fused-ring (bicyclic) bond motifs is 11. The molecule has 0 fully saturated rings. The summed E-state index contributed by atoms with van der Waals surface area (Å²) in [5, 5.41) is 12.0. The standard InChI is InChI=1S/C48H30O2/c1-2-11-29(12-3-1)45-33-15-4-6-17-35(33)46(36-18-7-5-16-34(36)45)32-14-10-13-30(27-32)31-21-25-43-41(28-31)39-23-22-37-38(48(39)50-43)24-26-44-47(37)40-19-8-9-20-42(40)49-44/h1-2,4-11,13-28H,3,12H2. The number of allylic oxidation sites excluding steroid dienone is 4. The van der Waals surface area contributed by atoms with E-state index in [1.165, 1.54) is 54.9 Å². The van der Waals surface area contributed by atoms with Crippen molar-refractivity contribution < 1.29 is 8.83 Å². The van der Waals surface area contributed by atoms with E-state index in [2.05, 4.69) is 146 Å². The second-order valence-corrected chi connectivity index (χ2v) is 13.5. The molecule has 0 N–H and O–H groups in total. The van der Waals surface area contributed by atoms with Crippen LogP contribution in [0.5, 0.6) is 0 Å². The fourth-order valence-electron chi connectivity index (χ4n) is 8.49. The van der Waals surface area contributed by atoms with Crippen molar-refractivity contribution in [2.24, 2.45) is 0 Å². The van der Waals surface area contributed by atoms with Crippen LogP contribution in [0.15, 0.2) is 167 Å². The van der Waals surface area contributed by atoms with Crippen molar-refractivity contribution in [2.75, 3.05) is 0 Å². The molecule has 2 aromatic heterocycles. The van der Waals surface area contributed by atoms with E-state index in [1.54, 1.807) is 0 Å². The van der Waals surface area contributed by atoms with Crippen molar-refractivity contribution in [3.63, 3.8) is 0 Å². The zero-order chi connectivity index (χ0) is 32.8. The molecule has 8 aromatic carbocycles. The van der Waals surface area contributed by atoms with Gasteiger partial charge in [0.15, 0.2) is 0 Å². The molecule has 0 radical (unpaired) electrons. The Balaban J connectivity index is 1.09. The highest BCUT2D eigenvalue weighted by atomic mass is 16.3. The highest BCUT2D eigenvalue weighted by molar-refractivity contribution is 6.25. The fourth-order valence-corrected chi connectivity index (χ4v) is 8.49. The topological polar surface area (TPSA) is 26.3 Å². The first kappa shape index (κ1) is 27.6. The minimum atomic E-state index is 0.893. The molecule has 0 atom stereocenters. The zero-order valence-electron chi connectivity index (χ0n) is 27.2. The summed E-state index contributed by atoms with van der Waals surface area (Å²) >= 11 is 0. The van der Waals surface area contributed by atoms with E-state index in [-0.39, 0.29) is 0 Å². The Kier molecular flexibility index (Phi) is 5.82. The molecule has 2 heterocycles. The van der Waals surface area contributed by atoms with Gasteiger partial charge in [0.25, 0.3) is 0 Å². The minimum Gasteiger partial charge on any atom is -0.456 e. The van der Waals surface area contributed by atoms with Crippen LogP contribution in [-0.2, 0) is 0 Å². The number of hydrogen-bond acceptors (Lipinski definition) is 2. The smallest absolute Gasteiger partial charge is 0.143 e. The van der Waals surface area contributed by atoms with Gasteiger partial charge in [-0.1, -0.05) is 115 Å². The van der Waals surface area contributed by atoms with Crippen molar-refractivity contribution >= 4 is 81.8 Å². The Morgan fingerprint density at radius 2 is 1.02 bits per heavy atom. The predicted molar refractivity (Wildman–Crippen MR) is 211 cm³/mol. The Morgan fingerprint density at radius 3 is 1.80 bits per heavy atom. The maximum absolute atomic E-state index is 6.61. The fraction of sp³-hybridized carbons (Fsp3) is 0.0417. The van der Waals surface area contributed by atoms with E-state index in [0.29, 0.717) is 0 Å². The average molecular weight is 639 g/mol. The molecule has 234 valence electrons. The zero-order valence-corrected chi connectivity index (χ0v) is 27.2. The molecular weight excluding hydrogens is 609 g/mol. The van der Waals surface area contributed by atoms with Gasteiger partial charge in [-0.3, -0.25) is 0 Å². The molecule has 0 unspecified atom stereocenters. The lowest BCUT2D eigenvalue weighted by molar-refractivity contribution is 0.669. The van der Waals surface area contributed by atoms with E-state index in [1.807, 2.05) is 12.1 Å².